The van der Waals surface area contributed by atoms with Gasteiger partial charge in [0, 0.05) is 23.2 Å². The molecule has 1 aromatic carbocycles. The van der Waals surface area contributed by atoms with Gasteiger partial charge < -0.3 is 15.0 Å². The van der Waals surface area contributed by atoms with Crippen LogP contribution in [0.3, 0.4) is 0 Å². The summed E-state index contributed by atoms with van der Waals surface area (Å²) in [5.41, 5.74) is 1.59. The Labute approximate surface area is 150 Å². The Kier molecular flexibility index (Phi) is 5.35. The largest absolute Gasteiger partial charge is 0.493 e. The molecule has 138 valence electrons. The molecular weight excluding hydrogens is 337 g/mol. The number of fused-ring (bicyclic) bond motifs is 1. The predicted octanol–water partition coefficient (Wildman–Crippen LogP) is 2.49. The lowest BCUT2D eigenvalue weighted by Crippen LogP contribution is -2.29. The summed E-state index contributed by atoms with van der Waals surface area (Å²) >= 11 is 0. The third-order valence-electron chi connectivity index (χ3n) is 4.52. The van der Waals surface area contributed by atoms with Gasteiger partial charge in [0.25, 0.3) is 5.56 Å². The van der Waals surface area contributed by atoms with E-state index in [0.29, 0.717) is 47.8 Å². The smallest absolute Gasteiger partial charge is 0.254 e. The highest BCUT2D eigenvalue weighted by molar-refractivity contribution is 5.76. The zero-order chi connectivity index (χ0) is 18.7. The molecule has 0 fully saturated rings. The van der Waals surface area contributed by atoms with Crippen LogP contribution in [0.15, 0.2) is 23.0 Å². The van der Waals surface area contributed by atoms with Crippen LogP contribution in [-0.2, 0) is 11.2 Å². The van der Waals surface area contributed by atoms with E-state index in [0.717, 1.165) is 6.42 Å². The fourth-order valence-corrected chi connectivity index (χ4v) is 3.25. The van der Waals surface area contributed by atoms with Crippen molar-refractivity contribution in [3.05, 3.63) is 57.0 Å². The summed E-state index contributed by atoms with van der Waals surface area (Å²) < 4.78 is 19.2. The standard InChI is InChI=1S/C19H22FN3O3/c1-11-14(19(25)22-12(2)21-11)6-8-18(24)23-16-4-3-9-26-17-7-5-13(20)10-15(16)17/h5,7,10,16H,3-4,6,8-9H2,1-2H3,(H,23,24)(H,21,22,25)/t16-/m0/s1. The number of H-pyrrole nitrogens is 1. The zero-order valence-electron chi connectivity index (χ0n) is 14.9. The van der Waals surface area contributed by atoms with Crippen molar-refractivity contribution in [1.29, 1.82) is 0 Å². The quantitative estimate of drug-likeness (QED) is 0.878. The number of rotatable bonds is 4. The van der Waals surface area contributed by atoms with Crippen LogP contribution in [0.4, 0.5) is 4.39 Å². The SMILES string of the molecule is Cc1nc(C)c(CCC(=O)N[C@H]2CCCOc3ccc(F)cc32)c(=O)[nH]1. The van der Waals surface area contributed by atoms with Crippen molar-refractivity contribution in [2.75, 3.05) is 6.61 Å². The molecule has 0 aliphatic carbocycles. The van der Waals surface area contributed by atoms with Crippen molar-refractivity contribution >= 4 is 5.91 Å². The maximum Gasteiger partial charge on any atom is 0.254 e. The maximum atomic E-state index is 13.6. The molecule has 7 heteroatoms. The second-order valence-corrected chi connectivity index (χ2v) is 6.51. The number of amides is 1. The first-order valence-electron chi connectivity index (χ1n) is 8.72. The van der Waals surface area contributed by atoms with Gasteiger partial charge in [0.1, 0.15) is 17.4 Å². The van der Waals surface area contributed by atoms with Gasteiger partial charge >= 0.3 is 0 Å². The summed E-state index contributed by atoms with van der Waals surface area (Å²) in [7, 11) is 0. The molecule has 2 N–H and O–H groups in total. The van der Waals surface area contributed by atoms with Crippen molar-refractivity contribution in [1.82, 2.24) is 15.3 Å². The van der Waals surface area contributed by atoms with Crippen LogP contribution in [0.25, 0.3) is 0 Å². The van der Waals surface area contributed by atoms with Crippen LogP contribution >= 0.6 is 0 Å². The number of nitrogens with zero attached hydrogens (tertiary/aromatic N) is 1. The molecule has 0 saturated carbocycles. The second kappa shape index (κ2) is 7.68. The highest BCUT2D eigenvalue weighted by atomic mass is 19.1. The Hall–Kier alpha value is -2.70. The first kappa shape index (κ1) is 18.1. The molecule has 0 bridgehead atoms. The fraction of sp³-hybridized carbons (Fsp3) is 0.421. The van der Waals surface area contributed by atoms with E-state index in [1.165, 1.54) is 12.1 Å². The molecule has 0 unspecified atom stereocenters. The average molecular weight is 359 g/mol. The van der Waals surface area contributed by atoms with E-state index in [4.69, 9.17) is 4.74 Å². The van der Waals surface area contributed by atoms with Gasteiger partial charge in [-0.25, -0.2) is 9.37 Å². The van der Waals surface area contributed by atoms with Gasteiger partial charge in [-0.2, -0.15) is 0 Å². The highest BCUT2D eigenvalue weighted by Crippen LogP contribution is 2.32. The van der Waals surface area contributed by atoms with Crippen LogP contribution in [0.5, 0.6) is 5.75 Å². The molecule has 2 aromatic rings. The lowest BCUT2D eigenvalue weighted by molar-refractivity contribution is -0.121. The van der Waals surface area contributed by atoms with Crippen LogP contribution in [0.1, 0.15) is 47.9 Å². The first-order chi connectivity index (χ1) is 12.4. The number of hydrogen-bond donors (Lipinski definition) is 2. The molecular formula is C19H22FN3O3. The second-order valence-electron chi connectivity index (χ2n) is 6.51. The van der Waals surface area contributed by atoms with E-state index < -0.39 is 0 Å². The number of benzene rings is 1. The minimum Gasteiger partial charge on any atom is -0.493 e. The van der Waals surface area contributed by atoms with Gasteiger partial charge in [-0.15, -0.1) is 0 Å². The minimum atomic E-state index is -0.360. The summed E-state index contributed by atoms with van der Waals surface area (Å²) in [6, 6.07) is 4.05. The highest BCUT2D eigenvalue weighted by Gasteiger charge is 2.22. The van der Waals surface area contributed by atoms with E-state index in [-0.39, 0.29) is 29.7 Å². The molecule has 0 radical (unpaired) electrons. The average Bonchev–Trinajstić information content (AvgIpc) is 2.76. The molecule has 1 amide bonds. The zero-order valence-corrected chi connectivity index (χ0v) is 14.9. The van der Waals surface area contributed by atoms with Crippen LogP contribution in [0, 0.1) is 19.7 Å². The molecule has 1 aliphatic heterocycles. The van der Waals surface area contributed by atoms with Crippen LogP contribution in [0.2, 0.25) is 0 Å². The number of aromatic nitrogens is 2. The van der Waals surface area contributed by atoms with Crippen LogP contribution in [-0.4, -0.2) is 22.5 Å². The lowest BCUT2D eigenvalue weighted by Gasteiger charge is -2.18. The fourth-order valence-electron chi connectivity index (χ4n) is 3.25. The van der Waals surface area contributed by atoms with E-state index in [2.05, 4.69) is 15.3 Å². The molecule has 1 aliphatic rings. The summed E-state index contributed by atoms with van der Waals surface area (Å²) in [4.78, 5) is 31.3. The van der Waals surface area contributed by atoms with Gasteiger partial charge in [-0.05, 0) is 51.3 Å². The normalized spacial score (nSPS) is 16.3. The Morgan fingerprint density at radius 3 is 3.00 bits per heavy atom. The summed E-state index contributed by atoms with van der Waals surface area (Å²) in [6.45, 7) is 4.02. The Bertz CT molecular complexity index is 879. The van der Waals surface area contributed by atoms with Gasteiger partial charge in [0.05, 0.1) is 12.6 Å². The van der Waals surface area contributed by atoms with E-state index in [1.54, 1.807) is 19.9 Å². The third kappa shape index (κ3) is 4.09. The van der Waals surface area contributed by atoms with Gasteiger partial charge in [-0.1, -0.05) is 0 Å². The van der Waals surface area contributed by atoms with Gasteiger partial charge in [0.2, 0.25) is 5.91 Å². The molecule has 2 heterocycles. The molecule has 6 nitrogen and oxygen atoms in total. The molecule has 0 spiro atoms. The number of carbonyl (C=O) groups excluding carboxylic acids is 1. The van der Waals surface area contributed by atoms with Crippen molar-refractivity contribution in [2.24, 2.45) is 0 Å². The predicted molar refractivity (Wildman–Crippen MR) is 94.7 cm³/mol. The van der Waals surface area contributed by atoms with Crippen molar-refractivity contribution in [3.63, 3.8) is 0 Å². The van der Waals surface area contributed by atoms with E-state index in [1.807, 2.05) is 0 Å². The van der Waals surface area contributed by atoms with Crippen molar-refractivity contribution < 1.29 is 13.9 Å². The minimum absolute atomic E-state index is 0.163. The molecule has 1 aromatic heterocycles. The number of ether oxygens (including phenoxy) is 1. The van der Waals surface area contributed by atoms with E-state index >= 15 is 0 Å². The monoisotopic (exact) mass is 359 g/mol. The summed E-state index contributed by atoms with van der Waals surface area (Å²) in [6.07, 6.45) is 1.91. The van der Waals surface area contributed by atoms with Gasteiger partial charge in [-0.3, -0.25) is 9.59 Å². The number of aromatic amines is 1. The number of aryl methyl sites for hydroxylation is 2. The number of nitrogens with one attached hydrogen (secondary N) is 2. The summed E-state index contributed by atoms with van der Waals surface area (Å²) in [5.74, 6) is 0.606. The molecule has 26 heavy (non-hydrogen) atoms. The molecule has 0 saturated heterocycles. The van der Waals surface area contributed by atoms with Crippen molar-refractivity contribution in [2.45, 2.75) is 45.6 Å². The third-order valence-corrected chi connectivity index (χ3v) is 4.52. The van der Waals surface area contributed by atoms with Crippen molar-refractivity contribution in [3.8, 4) is 5.75 Å². The topological polar surface area (TPSA) is 84.1 Å². The first-order valence-corrected chi connectivity index (χ1v) is 8.72. The van der Waals surface area contributed by atoms with E-state index in [9.17, 15) is 14.0 Å². The maximum absolute atomic E-state index is 13.6. The molecule has 3 rings (SSSR count). The number of carbonyl (C=O) groups is 1. The molecule has 1 atom stereocenters. The summed E-state index contributed by atoms with van der Waals surface area (Å²) in [5, 5.41) is 2.94. The Morgan fingerprint density at radius 1 is 1.42 bits per heavy atom. The Morgan fingerprint density at radius 2 is 2.23 bits per heavy atom. The lowest BCUT2D eigenvalue weighted by atomic mass is 10.0. The number of hydrogen-bond acceptors (Lipinski definition) is 4. The Balaban J connectivity index is 1.69. The van der Waals surface area contributed by atoms with Gasteiger partial charge in [0.15, 0.2) is 0 Å². The number of halogens is 1. The van der Waals surface area contributed by atoms with Crippen LogP contribution < -0.4 is 15.6 Å².